The van der Waals surface area contributed by atoms with E-state index in [-0.39, 0.29) is 6.07 Å². The molecular formula is C24H9BF10O2. The van der Waals surface area contributed by atoms with Crippen molar-refractivity contribution in [2.75, 3.05) is 0 Å². The molecule has 3 aromatic rings. The van der Waals surface area contributed by atoms with Gasteiger partial charge in [-0.15, -0.1) is 0 Å². The number of hydrogen-bond donors (Lipinski definition) is 0. The Bertz CT molecular complexity index is 1520. The van der Waals surface area contributed by atoms with Crippen LogP contribution in [0.25, 0.3) is 11.7 Å². The summed E-state index contributed by atoms with van der Waals surface area (Å²) in [6, 6.07) is 4.53. The zero-order valence-electron chi connectivity index (χ0n) is 17.9. The lowest BCUT2D eigenvalue weighted by molar-refractivity contribution is 0.174. The fraction of sp³-hybridized carbons (Fsp3) is 0.0833. The van der Waals surface area contributed by atoms with Crippen molar-refractivity contribution in [3.8, 4) is 5.75 Å². The molecule has 0 spiro atoms. The van der Waals surface area contributed by atoms with E-state index in [0.29, 0.717) is 12.1 Å². The van der Waals surface area contributed by atoms with Gasteiger partial charge in [-0.05, 0) is 23.3 Å². The fourth-order valence-electron chi connectivity index (χ4n) is 4.25. The van der Waals surface area contributed by atoms with Crippen molar-refractivity contribution < 1.29 is 53.2 Å². The Labute approximate surface area is 201 Å². The molecule has 3 aromatic carbocycles. The number of hydrogen-bond acceptors (Lipinski definition) is 2. The molecule has 190 valence electrons. The molecule has 0 saturated carbocycles. The van der Waals surface area contributed by atoms with Gasteiger partial charge in [-0.25, -0.2) is 39.5 Å². The van der Waals surface area contributed by atoms with Gasteiger partial charge >= 0.3 is 7.12 Å². The van der Waals surface area contributed by atoms with Crippen LogP contribution in [0.3, 0.4) is 0 Å². The minimum Gasteiger partial charge on any atom is -0.533 e. The van der Waals surface area contributed by atoms with E-state index in [1.54, 1.807) is 0 Å². The van der Waals surface area contributed by atoms with Crippen molar-refractivity contribution >= 4 is 18.8 Å². The van der Waals surface area contributed by atoms with Gasteiger partial charge in [-0.3, -0.25) is 0 Å². The zero-order valence-corrected chi connectivity index (χ0v) is 17.9. The van der Waals surface area contributed by atoms with Crippen LogP contribution in [0, 0.1) is 34.9 Å². The third-order valence-corrected chi connectivity index (χ3v) is 5.90. The summed E-state index contributed by atoms with van der Waals surface area (Å²) < 4.78 is 153. The maximum absolute atomic E-state index is 15.1. The number of benzene rings is 3. The van der Waals surface area contributed by atoms with E-state index in [1.165, 1.54) is 0 Å². The molecule has 0 amide bonds. The topological polar surface area (TPSA) is 18.5 Å². The van der Waals surface area contributed by atoms with Crippen molar-refractivity contribution in [3.05, 3.63) is 111 Å². The van der Waals surface area contributed by atoms with Gasteiger partial charge < -0.3 is 9.31 Å². The largest absolute Gasteiger partial charge is 0.541 e. The SMILES string of the molecule is FC1=C(F)C(B(Oc2cc(F)cc(F)c2F)OC2C(F)=C(F)c3c2ccc(F)c3F)c2cccc(F)c21. The Morgan fingerprint density at radius 2 is 1.32 bits per heavy atom. The second kappa shape index (κ2) is 8.98. The number of halogens is 10. The van der Waals surface area contributed by atoms with Gasteiger partial charge in [0.25, 0.3) is 0 Å². The predicted molar refractivity (Wildman–Crippen MR) is 110 cm³/mol. The maximum Gasteiger partial charge on any atom is 0.541 e. The molecule has 0 saturated heterocycles. The van der Waals surface area contributed by atoms with Crippen LogP contribution in [0.5, 0.6) is 5.75 Å². The van der Waals surface area contributed by atoms with E-state index in [2.05, 4.69) is 0 Å². The van der Waals surface area contributed by atoms with E-state index in [9.17, 15) is 39.5 Å². The number of fused-ring (bicyclic) bond motifs is 2. The van der Waals surface area contributed by atoms with Gasteiger partial charge in [0.2, 0.25) is 0 Å². The highest BCUT2D eigenvalue weighted by Gasteiger charge is 2.50. The van der Waals surface area contributed by atoms with Crippen LogP contribution < -0.4 is 4.65 Å². The lowest BCUT2D eigenvalue weighted by Crippen LogP contribution is -2.36. The summed E-state index contributed by atoms with van der Waals surface area (Å²) in [5, 5.41) is 0. The van der Waals surface area contributed by atoms with Gasteiger partial charge in [0.1, 0.15) is 29.3 Å². The average Bonchev–Trinajstić information content (AvgIpc) is 3.24. The fourth-order valence-corrected chi connectivity index (χ4v) is 4.25. The monoisotopic (exact) mass is 530 g/mol. The summed E-state index contributed by atoms with van der Waals surface area (Å²) in [7, 11) is -2.44. The van der Waals surface area contributed by atoms with E-state index >= 15 is 4.39 Å². The molecule has 13 heteroatoms. The average molecular weight is 530 g/mol. The Balaban J connectivity index is 1.64. The molecule has 2 aliphatic carbocycles. The minimum atomic E-state index is -2.44. The molecule has 2 nitrogen and oxygen atoms in total. The second-order valence-electron chi connectivity index (χ2n) is 8.03. The van der Waals surface area contributed by atoms with Crippen LogP contribution in [-0.2, 0) is 4.65 Å². The summed E-state index contributed by atoms with van der Waals surface area (Å²) in [5.41, 5.74) is -3.17. The first-order chi connectivity index (χ1) is 17.5. The highest BCUT2D eigenvalue weighted by atomic mass is 19.2. The molecule has 2 unspecified atom stereocenters. The molecule has 0 fully saturated rings. The Kier molecular flexibility index (Phi) is 6.05. The van der Waals surface area contributed by atoms with Crippen LogP contribution in [0.2, 0.25) is 0 Å². The van der Waals surface area contributed by atoms with E-state index in [1.807, 2.05) is 0 Å². The predicted octanol–water partition coefficient (Wildman–Crippen LogP) is 7.71. The summed E-state index contributed by atoms with van der Waals surface area (Å²) in [6.07, 6.45) is -2.27. The van der Waals surface area contributed by atoms with Gasteiger partial charge in [0.15, 0.2) is 40.7 Å². The molecule has 2 atom stereocenters. The molecule has 0 radical (unpaired) electrons. The molecule has 0 N–H and O–H groups in total. The zero-order chi connectivity index (χ0) is 26.8. The number of rotatable bonds is 5. The van der Waals surface area contributed by atoms with Crippen LogP contribution in [0.15, 0.2) is 54.1 Å². The first-order valence-corrected chi connectivity index (χ1v) is 10.3. The Hall–Kier alpha value is -3.74. The standard InChI is InChI=1S/C24H9BF10O2/c26-8-6-13(29)18(30)14(7-8)36-25(17-9-2-1-3-11(27)15(9)20(32)22(17)34)37-24-10-4-5-12(28)19(31)16(10)21(33)23(24)35/h1-7,17,24H. The number of allylic oxidation sites excluding steroid dienone is 1. The van der Waals surface area contributed by atoms with Crippen molar-refractivity contribution in [1.29, 1.82) is 0 Å². The van der Waals surface area contributed by atoms with Gasteiger partial charge in [0, 0.05) is 12.1 Å². The molecule has 5 rings (SSSR count). The van der Waals surface area contributed by atoms with Gasteiger partial charge in [0.05, 0.1) is 16.9 Å². The normalized spacial score (nSPS) is 18.4. The Morgan fingerprint density at radius 1 is 0.622 bits per heavy atom. The quantitative estimate of drug-likeness (QED) is 0.191. The Morgan fingerprint density at radius 3 is 2.05 bits per heavy atom. The highest BCUT2D eigenvalue weighted by Crippen LogP contribution is 2.50. The highest BCUT2D eigenvalue weighted by molar-refractivity contribution is 6.49. The van der Waals surface area contributed by atoms with Crippen molar-refractivity contribution in [2.45, 2.75) is 11.9 Å². The van der Waals surface area contributed by atoms with E-state index in [0.717, 1.165) is 24.3 Å². The molecule has 0 bridgehead atoms. The van der Waals surface area contributed by atoms with Crippen molar-refractivity contribution in [2.24, 2.45) is 0 Å². The van der Waals surface area contributed by atoms with Crippen LogP contribution in [0.1, 0.15) is 34.2 Å². The van der Waals surface area contributed by atoms with E-state index in [4.69, 9.17) is 9.31 Å². The van der Waals surface area contributed by atoms with Gasteiger partial charge in [-0.1, -0.05) is 18.2 Å². The lowest BCUT2D eigenvalue weighted by Gasteiger charge is -2.25. The first kappa shape index (κ1) is 24.9. The van der Waals surface area contributed by atoms with Crippen LogP contribution >= 0.6 is 0 Å². The van der Waals surface area contributed by atoms with Crippen LogP contribution in [-0.4, -0.2) is 7.12 Å². The summed E-state index contributed by atoms with van der Waals surface area (Å²) in [4.78, 5) is 0. The molecule has 0 aliphatic heterocycles. The van der Waals surface area contributed by atoms with E-state index < -0.39 is 105 Å². The minimum absolute atomic E-state index is 0.140. The first-order valence-electron chi connectivity index (χ1n) is 10.3. The third kappa shape index (κ3) is 3.88. The molecule has 0 aromatic heterocycles. The van der Waals surface area contributed by atoms with Crippen LogP contribution in [0.4, 0.5) is 43.9 Å². The smallest absolute Gasteiger partial charge is 0.533 e. The lowest BCUT2D eigenvalue weighted by atomic mass is 9.68. The van der Waals surface area contributed by atoms with Gasteiger partial charge in [-0.2, -0.15) is 4.39 Å². The van der Waals surface area contributed by atoms with Crippen molar-refractivity contribution in [1.82, 2.24) is 0 Å². The molecule has 0 heterocycles. The summed E-state index contributed by atoms with van der Waals surface area (Å²) in [6.45, 7) is 0. The maximum atomic E-state index is 15.1. The molecular weight excluding hydrogens is 521 g/mol. The third-order valence-electron chi connectivity index (χ3n) is 5.90. The summed E-state index contributed by atoms with van der Waals surface area (Å²) in [5.74, 6) is -20.0. The van der Waals surface area contributed by atoms with Crippen molar-refractivity contribution in [3.63, 3.8) is 0 Å². The molecule has 37 heavy (non-hydrogen) atoms. The summed E-state index contributed by atoms with van der Waals surface area (Å²) >= 11 is 0. The molecule has 2 aliphatic rings. The second-order valence-corrected chi connectivity index (χ2v) is 8.03.